The maximum absolute atomic E-state index is 4.82. The Morgan fingerprint density at radius 3 is 2.70 bits per heavy atom. The number of aryl methyl sites for hydroxylation is 2. The molecule has 0 aliphatic heterocycles. The summed E-state index contributed by atoms with van der Waals surface area (Å²) in [6.45, 7) is 16.5. The molecular formula is C23H29N3S. The van der Waals surface area contributed by atoms with Crippen LogP contribution in [0.5, 0.6) is 0 Å². The predicted molar refractivity (Wildman–Crippen MR) is 119 cm³/mol. The van der Waals surface area contributed by atoms with Crippen molar-refractivity contribution in [1.82, 2.24) is 9.97 Å². The van der Waals surface area contributed by atoms with Crippen LogP contribution in [-0.2, 0) is 6.42 Å². The lowest BCUT2D eigenvalue weighted by Gasteiger charge is -2.12. The number of hydrogen-bond acceptors (Lipinski definition) is 4. The van der Waals surface area contributed by atoms with Gasteiger partial charge in [-0.2, -0.15) is 0 Å². The van der Waals surface area contributed by atoms with Gasteiger partial charge in [0.2, 0.25) is 0 Å². The second-order valence-electron chi connectivity index (χ2n) is 6.74. The molecule has 1 N–H and O–H groups in total. The highest BCUT2D eigenvalue weighted by Gasteiger charge is 2.09. The summed E-state index contributed by atoms with van der Waals surface area (Å²) in [5.41, 5.74) is 5.62. The van der Waals surface area contributed by atoms with Crippen LogP contribution in [0.2, 0.25) is 0 Å². The molecule has 0 aliphatic carbocycles. The molecule has 2 heterocycles. The smallest absolute Gasteiger partial charge is 0.130 e. The Labute approximate surface area is 167 Å². The van der Waals surface area contributed by atoms with Crippen molar-refractivity contribution in [2.75, 3.05) is 5.32 Å². The first-order chi connectivity index (χ1) is 12.9. The number of allylic oxidation sites excluding steroid dienone is 3. The molecular weight excluding hydrogens is 350 g/mol. The minimum atomic E-state index is 0.806. The molecule has 2 aromatic heterocycles. The first-order valence-electron chi connectivity index (χ1n) is 9.31. The van der Waals surface area contributed by atoms with Crippen molar-refractivity contribution in [3.63, 3.8) is 0 Å². The van der Waals surface area contributed by atoms with Gasteiger partial charge in [0.25, 0.3) is 0 Å². The molecule has 0 amide bonds. The van der Waals surface area contributed by atoms with Gasteiger partial charge in [-0.25, -0.2) is 9.97 Å². The molecule has 0 bridgehead atoms. The minimum Gasteiger partial charge on any atom is -0.335 e. The second kappa shape index (κ2) is 10.1. The summed E-state index contributed by atoms with van der Waals surface area (Å²) in [5.74, 6) is 0.825. The molecule has 2 aromatic rings. The van der Waals surface area contributed by atoms with Crippen molar-refractivity contribution in [3.8, 4) is 0 Å². The average Bonchev–Trinajstić information content (AvgIpc) is 2.63. The monoisotopic (exact) mass is 379 g/mol. The third-order valence-corrected chi connectivity index (χ3v) is 5.16. The number of hydrogen-bond donors (Lipinski definition) is 1. The van der Waals surface area contributed by atoms with Crippen molar-refractivity contribution in [2.45, 2.75) is 52.0 Å². The Bertz CT molecular complexity index is 848. The van der Waals surface area contributed by atoms with Gasteiger partial charge in [-0.3, -0.25) is 0 Å². The van der Waals surface area contributed by atoms with Gasteiger partial charge in [-0.1, -0.05) is 56.0 Å². The van der Waals surface area contributed by atoms with Crippen molar-refractivity contribution >= 4 is 23.2 Å². The molecule has 27 heavy (non-hydrogen) atoms. The van der Waals surface area contributed by atoms with E-state index in [-0.39, 0.29) is 0 Å². The van der Waals surface area contributed by atoms with E-state index in [0.717, 1.165) is 39.1 Å². The lowest BCUT2D eigenvalue weighted by molar-refractivity contribution is 0.794. The molecule has 0 aliphatic rings. The van der Waals surface area contributed by atoms with Crippen LogP contribution in [-0.4, -0.2) is 9.97 Å². The minimum absolute atomic E-state index is 0.806. The highest BCUT2D eigenvalue weighted by molar-refractivity contribution is 8.03. The normalized spacial score (nSPS) is 10.4. The Balaban J connectivity index is 2.14. The van der Waals surface area contributed by atoms with Gasteiger partial charge >= 0.3 is 0 Å². The van der Waals surface area contributed by atoms with E-state index in [1.807, 2.05) is 18.3 Å². The van der Waals surface area contributed by atoms with Gasteiger partial charge in [0.1, 0.15) is 10.8 Å². The number of nitrogens with zero attached hydrogens (tertiary/aromatic N) is 2. The van der Waals surface area contributed by atoms with E-state index in [1.54, 1.807) is 0 Å². The lowest BCUT2D eigenvalue weighted by Crippen LogP contribution is -2.00. The first kappa shape index (κ1) is 21.0. The largest absolute Gasteiger partial charge is 0.335 e. The number of rotatable bonds is 9. The zero-order valence-electron chi connectivity index (χ0n) is 16.8. The highest BCUT2D eigenvalue weighted by atomic mass is 32.2. The van der Waals surface area contributed by atoms with Crippen LogP contribution in [0, 0.1) is 6.92 Å². The molecule has 0 saturated carbocycles. The number of thioether (sulfide) groups is 1. The summed E-state index contributed by atoms with van der Waals surface area (Å²) in [7, 11) is 0. The van der Waals surface area contributed by atoms with E-state index < -0.39 is 0 Å². The fourth-order valence-corrected chi connectivity index (χ4v) is 3.45. The standard InChI is InChI=1S/C23H29N3S/c1-7-9-10-19-13-14-24-22(15-19)25-18(6)27-23-17(5)11-12-21(26-23)20(8-2)16(3)4/h8,11-15H,2,6-7,9-10H2,1,3-5H3,(H,24,25). The van der Waals surface area contributed by atoms with Crippen LogP contribution in [0.15, 0.2) is 65.3 Å². The van der Waals surface area contributed by atoms with Crippen LogP contribution in [0.4, 0.5) is 5.82 Å². The summed E-state index contributed by atoms with van der Waals surface area (Å²) in [6, 6.07) is 8.30. The molecule has 0 spiro atoms. The van der Waals surface area contributed by atoms with Gasteiger partial charge in [0.05, 0.1) is 10.7 Å². The molecule has 0 aromatic carbocycles. The molecule has 0 unspecified atom stereocenters. The Kier molecular flexibility index (Phi) is 7.86. The van der Waals surface area contributed by atoms with E-state index in [1.165, 1.54) is 35.7 Å². The SMILES string of the molecule is C=CC(=C(C)C)c1ccc(C)c(SC(=C)Nc2cc(CCCC)ccn2)n1. The molecule has 0 radical (unpaired) electrons. The Hall–Kier alpha value is -2.33. The van der Waals surface area contributed by atoms with Crippen molar-refractivity contribution in [2.24, 2.45) is 0 Å². The average molecular weight is 380 g/mol. The maximum Gasteiger partial charge on any atom is 0.130 e. The van der Waals surface area contributed by atoms with Crippen molar-refractivity contribution in [3.05, 3.63) is 77.1 Å². The van der Waals surface area contributed by atoms with Gasteiger partial charge < -0.3 is 5.32 Å². The first-order valence-corrected chi connectivity index (χ1v) is 10.1. The number of anilines is 1. The van der Waals surface area contributed by atoms with Crippen molar-refractivity contribution < 1.29 is 0 Å². The van der Waals surface area contributed by atoms with Gasteiger partial charge in [-0.05, 0) is 68.5 Å². The Morgan fingerprint density at radius 1 is 1.26 bits per heavy atom. The van der Waals surface area contributed by atoms with E-state index >= 15 is 0 Å². The van der Waals surface area contributed by atoms with Crippen LogP contribution in [0.1, 0.15) is 50.4 Å². The fourth-order valence-electron chi connectivity index (χ4n) is 2.69. The summed E-state index contributed by atoms with van der Waals surface area (Å²) < 4.78 is 0. The third kappa shape index (κ3) is 6.10. The second-order valence-corrected chi connectivity index (χ2v) is 7.82. The maximum atomic E-state index is 4.82. The zero-order valence-corrected chi connectivity index (χ0v) is 17.6. The number of aromatic nitrogens is 2. The van der Waals surface area contributed by atoms with Gasteiger partial charge in [-0.15, -0.1) is 0 Å². The van der Waals surface area contributed by atoms with Gasteiger partial charge in [0.15, 0.2) is 0 Å². The van der Waals surface area contributed by atoms with Gasteiger partial charge in [0, 0.05) is 6.20 Å². The van der Waals surface area contributed by atoms with E-state index in [4.69, 9.17) is 4.98 Å². The summed E-state index contributed by atoms with van der Waals surface area (Å²) in [6.07, 6.45) is 7.16. The summed E-state index contributed by atoms with van der Waals surface area (Å²) in [5, 5.41) is 5.05. The number of unbranched alkanes of at least 4 members (excludes halogenated alkanes) is 1. The zero-order chi connectivity index (χ0) is 19.8. The van der Waals surface area contributed by atoms with E-state index in [0.29, 0.717) is 0 Å². The van der Waals surface area contributed by atoms with Crippen LogP contribution in [0.25, 0.3) is 5.57 Å². The molecule has 4 heteroatoms. The highest BCUT2D eigenvalue weighted by Crippen LogP contribution is 2.29. The van der Waals surface area contributed by atoms with E-state index in [9.17, 15) is 0 Å². The van der Waals surface area contributed by atoms with Crippen molar-refractivity contribution in [1.29, 1.82) is 0 Å². The lowest BCUT2D eigenvalue weighted by atomic mass is 10.1. The molecule has 0 atom stereocenters. The molecule has 0 saturated heterocycles. The van der Waals surface area contributed by atoms with Crippen LogP contribution in [0.3, 0.4) is 0 Å². The number of pyridine rings is 2. The third-order valence-electron chi connectivity index (χ3n) is 4.20. The van der Waals surface area contributed by atoms with Crippen LogP contribution >= 0.6 is 11.8 Å². The molecule has 3 nitrogen and oxygen atoms in total. The Morgan fingerprint density at radius 2 is 2.04 bits per heavy atom. The quantitative estimate of drug-likeness (QED) is 0.385. The fraction of sp³-hybridized carbons (Fsp3) is 0.304. The topological polar surface area (TPSA) is 37.8 Å². The van der Waals surface area contributed by atoms with Crippen LogP contribution < -0.4 is 5.32 Å². The summed E-state index contributed by atoms with van der Waals surface area (Å²) in [4.78, 5) is 9.22. The molecule has 2 rings (SSSR count). The number of nitrogens with one attached hydrogen (secondary N) is 1. The molecule has 0 fully saturated rings. The molecule has 142 valence electrons. The summed E-state index contributed by atoms with van der Waals surface area (Å²) >= 11 is 1.53. The predicted octanol–water partition coefficient (Wildman–Crippen LogP) is 6.78. The van der Waals surface area contributed by atoms with E-state index in [2.05, 4.69) is 69.4 Å².